The Balaban J connectivity index is 2.23. The van der Waals surface area contributed by atoms with Crippen LogP contribution in [-0.4, -0.2) is 14.4 Å². The molecule has 3 heterocycles. The average molecular weight is 230 g/mol. The van der Waals surface area contributed by atoms with Crippen LogP contribution < -0.4 is 0 Å². The summed E-state index contributed by atoms with van der Waals surface area (Å²) in [7, 11) is 0. The van der Waals surface area contributed by atoms with Gasteiger partial charge in [-0.3, -0.25) is 9.38 Å². The van der Waals surface area contributed by atoms with Crippen molar-refractivity contribution in [3.8, 4) is 11.3 Å². The number of hydrogen-bond acceptors (Lipinski definition) is 2. The summed E-state index contributed by atoms with van der Waals surface area (Å²) in [5.41, 5.74) is 2.78. The van der Waals surface area contributed by atoms with Gasteiger partial charge in [-0.15, -0.1) is 0 Å². The van der Waals surface area contributed by atoms with Gasteiger partial charge in [0.1, 0.15) is 10.8 Å². The average Bonchev–Trinajstić information content (AvgIpc) is 2.76. The summed E-state index contributed by atoms with van der Waals surface area (Å²) in [5.74, 6) is 0. The third-order valence-electron chi connectivity index (χ3n) is 2.42. The monoisotopic (exact) mass is 229 g/mol. The molecular weight excluding hydrogens is 222 g/mol. The van der Waals surface area contributed by atoms with Crippen molar-refractivity contribution in [3.05, 3.63) is 54.1 Å². The van der Waals surface area contributed by atoms with Gasteiger partial charge >= 0.3 is 0 Å². The number of pyridine rings is 2. The number of fused-ring (bicyclic) bond motifs is 1. The molecule has 0 N–H and O–H groups in total. The second-order valence-corrected chi connectivity index (χ2v) is 3.83. The first kappa shape index (κ1) is 9.36. The number of halogens is 1. The van der Waals surface area contributed by atoms with Crippen LogP contribution in [0.5, 0.6) is 0 Å². The third kappa shape index (κ3) is 1.46. The van der Waals surface area contributed by atoms with Crippen molar-refractivity contribution in [2.24, 2.45) is 0 Å². The Bertz CT molecular complexity index is 631. The number of hydrogen-bond donors (Lipinski definition) is 0. The summed E-state index contributed by atoms with van der Waals surface area (Å²) in [4.78, 5) is 8.48. The van der Waals surface area contributed by atoms with E-state index in [1.165, 1.54) is 0 Å². The van der Waals surface area contributed by atoms with Gasteiger partial charge in [-0.2, -0.15) is 0 Å². The van der Waals surface area contributed by atoms with Crippen LogP contribution in [0.2, 0.25) is 5.15 Å². The molecule has 0 fully saturated rings. The van der Waals surface area contributed by atoms with E-state index in [4.69, 9.17) is 11.6 Å². The highest BCUT2D eigenvalue weighted by molar-refractivity contribution is 6.29. The molecule has 3 rings (SSSR count). The molecule has 3 aromatic rings. The SMILES string of the molecule is Clc1cccc2nc(-c3ccncc3)cn12. The highest BCUT2D eigenvalue weighted by Crippen LogP contribution is 2.20. The lowest BCUT2D eigenvalue weighted by Crippen LogP contribution is -1.82. The summed E-state index contributed by atoms with van der Waals surface area (Å²) < 4.78 is 1.86. The van der Waals surface area contributed by atoms with E-state index in [-0.39, 0.29) is 0 Å². The second-order valence-electron chi connectivity index (χ2n) is 3.44. The molecule has 0 aromatic carbocycles. The highest BCUT2D eigenvalue weighted by Gasteiger charge is 2.05. The molecule has 0 aliphatic carbocycles. The Labute approximate surface area is 97.3 Å². The summed E-state index contributed by atoms with van der Waals surface area (Å²) in [6.07, 6.45) is 5.43. The Hall–Kier alpha value is -1.87. The van der Waals surface area contributed by atoms with Gasteiger partial charge in [0.05, 0.1) is 5.69 Å². The van der Waals surface area contributed by atoms with Gasteiger partial charge in [-0.05, 0) is 24.3 Å². The van der Waals surface area contributed by atoms with Gasteiger partial charge < -0.3 is 0 Å². The zero-order valence-electron chi connectivity index (χ0n) is 8.34. The second kappa shape index (κ2) is 3.61. The summed E-state index contributed by atoms with van der Waals surface area (Å²) in [6, 6.07) is 9.51. The molecule has 0 atom stereocenters. The van der Waals surface area contributed by atoms with E-state index in [1.54, 1.807) is 12.4 Å². The first-order valence-corrected chi connectivity index (χ1v) is 5.26. The standard InChI is InChI=1S/C12H8ClN3/c13-11-2-1-3-12-15-10(8-16(11)12)9-4-6-14-7-5-9/h1-8H. The zero-order chi connectivity index (χ0) is 11.0. The van der Waals surface area contributed by atoms with E-state index in [0.717, 1.165) is 16.9 Å². The first-order chi connectivity index (χ1) is 7.84. The Kier molecular flexibility index (Phi) is 2.11. The Morgan fingerprint density at radius 1 is 1.06 bits per heavy atom. The van der Waals surface area contributed by atoms with E-state index < -0.39 is 0 Å². The van der Waals surface area contributed by atoms with E-state index >= 15 is 0 Å². The van der Waals surface area contributed by atoms with Gasteiger partial charge in [0, 0.05) is 24.2 Å². The number of nitrogens with zero attached hydrogens (tertiary/aromatic N) is 3. The minimum Gasteiger partial charge on any atom is -0.290 e. The molecule has 0 amide bonds. The molecule has 0 saturated carbocycles. The maximum atomic E-state index is 6.07. The van der Waals surface area contributed by atoms with E-state index in [1.807, 2.05) is 40.9 Å². The molecule has 0 saturated heterocycles. The predicted octanol–water partition coefficient (Wildman–Crippen LogP) is 3.05. The largest absolute Gasteiger partial charge is 0.290 e. The van der Waals surface area contributed by atoms with Gasteiger partial charge in [-0.25, -0.2) is 4.98 Å². The van der Waals surface area contributed by atoms with Crippen molar-refractivity contribution in [1.82, 2.24) is 14.4 Å². The summed E-state index contributed by atoms with van der Waals surface area (Å²) >= 11 is 6.07. The number of rotatable bonds is 1. The van der Waals surface area contributed by atoms with Crippen LogP contribution in [0.3, 0.4) is 0 Å². The normalized spacial score (nSPS) is 10.8. The van der Waals surface area contributed by atoms with Crippen molar-refractivity contribution in [1.29, 1.82) is 0 Å². The highest BCUT2D eigenvalue weighted by atomic mass is 35.5. The lowest BCUT2D eigenvalue weighted by atomic mass is 10.2. The van der Waals surface area contributed by atoms with Gasteiger partial charge in [-0.1, -0.05) is 17.7 Å². The van der Waals surface area contributed by atoms with Crippen LogP contribution in [0.25, 0.3) is 16.9 Å². The van der Waals surface area contributed by atoms with Crippen LogP contribution in [0.4, 0.5) is 0 Å². The minimum absolute atomic E-state index is 0.658. The fraction of sp³-hybridized carbons (Fsp3) is 0. The molecule has 3 aromatic heterocycles. The topological polar surface area (TPSA) is 30.2 Å². The van der Waals surface area contributed by atoms with Crippen molar-refractivity contribution in [2.45, 2.75) is 0 Å². The zero-order valence-corrected chi connectivity index (χ0v) is 9.09. The van der Waals surface area contributed by atoms with E-state index in [9.17, 15) is 0 Å². The molecule has 0 unspecified atom stereocenters. The third-order valence-corrected chi connectivity index (χ3v) is 2.73. The molecule has 0 aliphatic heterocycles. The van der Waals surface area contributed by atoms with Crippen molar-refractivity contribution in [3.63, 3.8) is 0 Å². The maximum absolute atomic E-state index is 6.07. The number of imidazole rings is 1. The van der Waals surface area contributed by atoms with Crippen LogP contribution in [0, 0.1) is 0 Å². The van der Waals surface area contributed by atoms with Gasteiger partial charge in [0.2, 0.25) is 0 Å². The smallest absolute Gasteiger partial charge is 0.138 e. The first-order valence-electron chi connectivity index (χ1n) is 4.88. The summed E-state index contributed by atoms with van der Waals surface area (Å²) in [5, 5.41) is 0.658. The van der Waals surface area contributed by atoms with Crippen molar-refractivity contribution in [2.75, 3.05) is 0 Å². The van der Waals surface area contributed by atoms with Gasteiger partial charge in [0.15, 0.2) is 0 Å². The Morgan fingerprint density at radius 3 is 2.62 bits per heavy atom. The van der Waals surface area contributed by atoms with Crippen LogP contribution in [-0.2, 0) is 0 Å². The van der Waals surface area contributed by atoms with Crippen molar-refractivity contribution >= 4 is 17.2 Å². The molecule has 0 aliphatic rings. The van der Waals surface area contributed by atoms with Crippen LogP contribution in [0.15, 0.2) is 48.9 Å². The fourth-order valence-electron chi connectivity index (χ4n) is 1.64. The van der Waals surface area contributed by atoms with Crippen LogP contribution >= 0.6 is 11.6 Å². The Morgan fingerprint density at radius 2 is 1.88 bits per heavy atom. The summed E-state index contributed by atoms with van der Waals surface area (Å²) in [6.45, 7) is 0. The molecule has 0 bridgehead atoms. The lowest BCUT2D eigenvalue weighted by molar-refractivity contribution is 1.19. The van der Waals surface area contributed by atoms with Gasteiger partial charge in [0.25, 0.3) is 0 Å². The molecular formula is C12H8ClN3. The van der Waals surface area contributed by atoms with E-state index in [2.05, 4.69) is 9.97 Å². The maximum Gasteiger partial charge on any atom is 0.138 e. The molecule has 4 heteroatoms. The van der Waals surface area contributed by atoms with Crippen molar-refractivity contribution < 1.29 is 0 Å². The van der Waals surface area contributed by atoms with Crippen LogP contribution in [0.1, 0.15) is 0 Å². The number of aromatic nitrogens is 3. The van der Waals surface area contributed by atoms with E-state index in [0.29, 0.717) is 5.15 Å². The molecule has 16 heavy (non-hydrogen) atoms. The fourth-order valence-corrected chi connectivity index (χ4v) is 1.85. The quantitative estimate of drug-likeness (QED) is 0.601. The molecule has 0 radical (unpaired) electrons. The lowest BCUT2D eigenvalue weighted by Gasteiger charge is -1.93. The molecule has 3 nitrogen and oxygen atoms in total. The molecule has 0 spiro atoms. The minimum atomic E-state index is 0.658. The predicted molar refractivity (Wildman–Crippen MR) is 63.4 cm³/mol. The molecule has 78 valence electrons.